The van der Waals surface area contributed by atoms with E-state index in [9.17, 15) is 9.18 Å². The van der Waals surface area contributed by atoms with E-state index in [-0.39, 0.29) is 17.1 Å². The van der Waals surface area contributed by atoms with Gasteiger partial charge in [-0.3, -0.25) is 4.98 Å². The second-order valence-corrected chi connectivity index (χ2v) is 8.94. The van der Waals surface area contributed by atoms with Gasteiger partial charge in [0.1, 0.15) is 11.6 Å². The van der Waals surface area contributed by atoms with E-state index in [0.717, 1.165) is 46.1 Å². The Hall–Kier alpha value is -3.22. The molecule has 1 fully saturated rings. The fourth-order valence-corrected chi connectivity index (χ4v) is 4.23. The molecule has 4 rings (SSSR count). The number of urea groups is 1. The maximum absolute atomic E-state index is 14.6. The average molecular weight is 407 g/mol. The van der Waals surface area contributed by atoms with Crippen molar-refractivity contribution in [2.75, 3.05) is 11.1 Å². The summed E-state index contributed by atoms with van der Waals surface area (Å²) in [4.78, 5) is 21.1. The molecule has 4 N–H and O–H groups in total. The lowest BCUT2D eigenvalue weighted by Gasteiger charge is -2.42. The summed E-state index contributed by atoms with van der Waals surface area (Å²) in [5.41, 5.74) is 10.1. The third-order valence-electron chi connectivity index (χ3n) is 5.70. The lowest BCUT2D eigenvalue weighted by Crippen LogP contribution is -2.49. The molecule has 7 heteroatoms. The van der Waals surface area contributed by atoms with Gasteiger partial charge in [0.05, 0.1) is 11.2 Å². The molecule has 0 radical (unpaired) electrons. The Balaban J connectivity index is 1.63. The van der Waals surface area contributed by atoms with Crippen LogP contribution in [0.5, 0.6) is 0 Å². The first kappa shape index (κ1) is 20.1. The third-order valence-corrected chi connectivity index (χ3v) is 5.70. The Kier molecular flexibility index (Phi) is 4.84. The predicted molar refractivity (Wildman–Crippen MR) is 118 cm³/mol. The monoisotopic (exact) mass is 407 g/mol. The number of carbonyl (C=O) groups excluding carboxylic acids is 1. The van der Waals surface area contributed by atoms with E-state index >= 15 is 0 Å². The molecule has 6 nitrogen and oxygen atoms in total. The normalized spacial score (nSPS) is 15.6. The molecular formula is C23H26FN5O. The molecule has 2 aromatic heterocycles. The van der Waals surface area contributed by atoms with Gasteiger partial charge in [0.15, 0.2) is 0 Å². The average Bonchev–Trinajstić information content (AvgIpc) is 2.62. The molecule has 2 amide bonds. The van der Waals surface area contributed by atoms with Crippen molar-refractivity contribution < 1.29 is 9.18 Å². The minimum Gasteiger partial charge on any atom is -0.384 e. The number of hydrogen-bond acceptors (Lipinski definition) is 4. The molecule has 1 aliphatic rings. The van der Waals surface area contributed by atoms with Crippen LogP contribution in [0, 0.1) is 25.1 Å². The van der Waals surface area contributed by atoms with Crippen molar-refractivity contribution in [2.45, 2.75) is 46.6 Å². The Morgan fingerprint density at radius 1 is 1.17 bits per heavy atom. The number of fused-ring (bicyclic) bond motifs is 1. The zero-order valence-electron chi connectivity index (χ0n) is 17.6. The Labute approximate surface area is 175 Å². The standard InChI is InChI=1S/C23H26FN5O/c1-12-5-18(24)20(29-22(30)28-15-9-23(3,4)10-15)7-16(12)17-6-14-11-26-21(25)8-19(14)27-13(17)2/h5-8,11,15H,9-10H2,1-4H3,(H2,25,26)(H2,28,29,30). The van der Waals surface area contributed by atoms with Gasteiger partial charge >= 0.3 is 6.03 Å². The van der Waals surface area contributed by atoms with Gasteiger partial charge in [0.25, 0.3) is 0 Å². The lowest BCUT2D eigenvalue weighted by molar-refractivity contribution is 0.132. The van der Waals surface area contributed by atoms with Crippen molar-refractivity contribution in [1.82, 2.24) is 15.3 Å². The zero-order chi connectivity index (χ0) is 21.6. The number of pyridine rings is 2. The summed E-state index contributed by atoms with van der Waals surface area (Å²) >= 11 is 0. The van der Waals surface area contributed by atoms with Crippen LogP contribution in [-0.4, -0.2) is 22.0 Å². The smallest absolute Gasteiger partial charge is 0.319 e. The minimum absolute atomic E-state index is 0.125. The molecule has 156 valence electrons. The Morgan fingerprint density at radius 2 is 1.90 bits per heavy atom. The molecule has 0 unspecified atom stereocenters. The second kappa shape index (κ2) is 7.23. The van der Waals surface area contributed by atoms with Gasteiger partial charge in [-0.1, -0.05) is 13.8 Å². The molecule has 3 aromatic rings. The zero-order valence-corrected chi connectivity index (χ0v) is 17.6. The molecule has 0 atom stereocenters. The first-order valence-electron chi connectivity index (χ1n) is 10.0. The SMILES string of the molecule is Cc1cc(F)c(NC(=O)NC2CC(C)(C)C2)cc1-c1cc2cnc(N)cc2nc1C. The third kappa shape index (κ3) is 3.92. The van der Waals surface area contributed by atoms with Crippen LogP contribution in [0.2, 0.25) is 0 Å². The second-order valence-electron chi connectivity index (χ2n) is 8.94. The number of rotatable bonds is 3. The summed E-state index contributed by atoms with van der Waals surface area (Å²) in [6, 6.07) is 6.52. The van der Waals surface area contributed by atoms with Gasteiger partial charge in [-0.15, -0.1) is 0 Å². The molecule has 30 heavy (non-hydrogen) atoms. The van der Waals surface area contributed by atoms with Gasteiger partial charge in [-0.2, -0.15) is 0 Å². The summed E-state index contributed by atoms with van der Waals surface area (Å²) in [6.45, 7) is 8.06. The van der Waals surface area contributed by atoms with Crippen molar-refractivity contribution in [2.24, 2.45) is 5.41 Å². The van der Waals surface area contributed by atoms with Crippen LogP contribution in [0.4, 0.5) is 20.7 Å². The number of nitrogens with one attached hydrogen (secondary N) is 2. The van der Waals surface area contributed by atoms with E-state index < -0.39 is 11.8 Å². The van der Waals surface area contributed by atoms with E-state index in [0.29, 0.717) is 5.82 Å². The fraction of sp³-hybridized carbons (Fsp3) is 0.348. The fourth-order valence-electron chi connectivity index (χ4n) is 4.23. The highest BCUT2D eigenvalue weighted by atomic mass is 19.1. The van der Waals surface area contributed by atoms with E-state index in [2.05, 4.69) is 34.4 Å². The summed E-state index contributed by atoms with van der Waals surface area (Å²) in [5.74, 6) is -0.0614. The van der Waals surface area contributed by atoms with Crippen molar-refractivity contribution >= 4 is 28.4 Å². The number of nitrogen functional groups attached to an aromatic ring is 1. The van der Waals surface area contributed by atoms with E-state index in [4.69, 9.17) is 5.73 Å². The highest BCUT2D eigenvalue weighted by Crippen LogP contribution is 2.40. The minimum atomic E-state index is -0.471. The van der Waals surface area contributed by atoms with Crippen LogP contribution in [0.1, 0.15) is 37.9 Å². The van der Waals surface area contributed by atoms with E-state index in [1.807, 2.05) is 19.9 Å². The molecule has 2 heterocycles. The summed E-state index contributed by atoms with van der Waals surface area (Å²) in [6.07, 6.45) is 3.51. The number of benzene rings is 1. The number of aryl methyl sites for hydroxylation is 2. The van der Waals surface area contributed by atoms with Crippen molar-refractivity contribution in [3.63, 3.8) is 0 Å². The van der Waals surface area contributed by atoms with Crippen LogP contribution in [0.15, 0.2) is 30.5 Å². The quantitative estimate of drug-likeness (QED) is 0.573. The number of anilines is 2. The number of hydrogen-bond donors (Lipinski definition) is 3. The number of aromatic nitrogens is 2. The number of halogens is 1. The first-order chi connectivity index (χ1) is 14.1. The number of nitrogens with zero attached hydrogens (tertiary/aromatic N) is 2. The predicted octanol–water partition coefficient (Wildman–Crippen LogP) is 4.95. The maximum atomic E-state index is 14.6. The molecule has 0 aliphatic heterocycles. The lowest BCUT2D eigenvalue weighted by atomic mass is 9.68. The highest BCUT2D eigenvalue weighted by molar-refractivity contribution is 5.92. The van der Waals surface area contributed by atoms with E-state index in [1.165, 1.54) is 6.07 Å². The molecule has 1 aromatic carbocycles. The molecular weight excluding hydrogens is 381 g/mol. The van der Waals surface area contributed by atoms with Crippen LogP contribution >= 0.6 is 0 Å². The summed E-state index contributed by atoms with van der Waals surface area (Å²) in [5, 5.41) is 6.42. The van der Waals surface area contributed by atoms with Gasteiger partial charge in [-0.05, 0) is 61.4 Å². The van der Waals surface area contributed by atoms with Crippen LogP contribution in [0.25, 0.3) is 22.0 Å². The molecule has 1 aliphatic carbocycles. The largest absolute Gasteiger partial charge is 0.384 e. The number of nitrogens with two attached hydrogens (primary N) is 1. The van der Waals surface area contributed by atoms with Gasteiger partial charge in [0.2, 0.25) is 0 Å². The van der Waals surface area contributed by atoms with Crippen molar-refractivity contribution in [3.8, 4) is 11.1 Å². The topological polar surface area (TPSA) is 92.9 Å². The molecule has 0 saturated heterocycles. The van der Waals surface area contributed by atoms with Crippen LogP contribution < -0.4 is 16.4 Å². The molecule has 0 spiro atoms. The van der Waals surface area contributed by atoms with Gasteiger partial charge < -0.3 is 16.4 Å². The number of amides is 2. The molecule has 1 saturated carbocycles. The van der Waals surface area contributed by atoms with Crippen LogP contribution in [-0.2, 0) is 0 Å². The van der Waals surface area contributed by atoms with Gasteiger partial charge in [0, 0.05) is 34.9 Å². The first-order valence-corrected chi connectivity index (χ1v) is 10.0. The van der Waals surface area contributed by atoms with Gasteiger partial charge in [-0.25, -0.2) is 14.2 Å². The van der Waals surface area contributed by atoms with Crippen molar-refractivity contribution in [3.05, 3.63) is 47.5 Å². The maximum Gasteiger partial charge on any atom is 0.319 e. The van der Waals surface area contributed by atoms with Crippen molar-refractivity contribution in [1.29, 1.82) is 0 Å². The Bertz CT molecular complexity index is 1150. The van der Waals surface area contributed by atoms with E-state index in [1.54, 1.807) is 18.3 Å². The number of carbonyl (C=O) groups is 1. The highest BCUT2D eigenvalue weighted by Gasteiger charge is 2.36. The molecule has 0 bridgehead atoms. The Morgan fingerprint density at radius 3 is 2.60 bits per heavy atom. The van der Waals surface area contributed by atoms with Crippen LogP contribution in [0.3, 0.4) is 0 Å². The summed E-state index contributed by atoms with van der Waals surface area (Å²) < 4.78 is 14.6. The summed E-state index contributed by atoms with van der Waals surface area (Å²) in [7, 11) is 0.